The molecule has 0 amide bonds. The van der Waals surface area contributed by atoms with Crippen LogP contribution in [0.4, 0.5) is 0 Å². The molecule has 4 heteroatoms. The molecule has 0 radical (unpaired) electrons. The van der Waals surface area contributed by atoms with E-state index in [2.05, 4.69) is 29.1 Å². The lowest BCUT2D eigenvalue weighted by Gasteiger charge is -2.27. The highest BCUT2D eigenvalue weighted by Crippen LogP contribution is 2.31. The summed E-state index contributed by atoms with van der Waals surface area (Å²) >= 11 is 0. The van der Waals surface area contributed by atoms with E-state index in [1.165, 1.54) is 25.0 Å². The number of piperidine rings is 1. The lowest BCUT2D eigenvalue weighted by atomic mass is 9.99. The largest absolute Gasteiger partial charge is 0.366 e. The fourth-order valence-corrected chi connectivity index (χ4v) is 2.70. The molecule has 2 N–H and O–H groups in total. The molecular formula is C12H19N3O. The van der Waals surface area contributed by atoms with E-state index in [9.17, 15) is 0 Å². The highest BCUT2D eigenvalue weighted by molar-refractivity contribution is 5.21. The summed E-state index contributed by atoms with van der Waals surface area (Å²) in [5.41, 5.74) is 2.28. The minimum absolute atomic E-state index is 0.154. The van der Waals surface area contributed by atoms with Crippen molar-refractivity contribution in [2.75, 3.05) is 0 Å². The van der Waals surface area contributed by atoms with Crippen molar-refractivity contribution in [3.8, 4) is 0 Å². The van der Waals surface area contributed by atoms with Crippen LogP contribution in [0.1, 0.15) is 62.5 Å². The molecule has 3 unspecified atom stereocenters. The van der Waals surface area contributed by atoms with Gasteiger partial charge in [0.05, 0.1) is 30.1 Å². The Morgan fingerprint density at radius 3 is 2.94 bits per heavy atom. The molecule has 88 valence electrons. The first-order chi connectivity index (χ1) is 7.74. The number of hydrogen-bond acceptors (Lipinski definition) is 3. The molecule has 3 rings (SSSR count). The van der Waals surface area contributed by atoms with Crippen LogP contribution < -0.4 is 5.32 Å². The molecule has 0 bridgehead atoms. The van der Waals surface area contributed by atoms with Gasteiger partial charge in [-0.1, -0.05) is 0 Å². The monoisotopic (exact) mass is 221 g/mol. The fourth-order valence-electron chi connectivity index (χ4n) is 2.70. The third-order valence-electron chi connectivity index (χ3n) is 3.64. The molecule has 0 saturated carbocycles. The van der Waals surface area contributed by atoms with Crippen LogP contribution >= 0.6 is 0 Å². The maximum atomic E-state index is 5.51. The predicted octanol–water partition coefficient (Wildman–Crippen LogP) is 2.20. The Balaban J connectivity index is 1.82. The number of aromatic nitrogens is 2. The van der Waals surface area contributed by atoms with E-state index in [0.29, 0.717) is 18.7 Å². The number of imidazole rings is 1. The summed E-state index contributed by atoms with van der Waals surface area (Å²) in [6.07, 6.45) is 3.90. The molecule has 4 nitrogen and oxygen atoms in total. The van der Waals surface area contributed by atoms with E-state index < -0.39 is 0 Å². The SMILES string of the molecule is CC1CCCC(c2nc3c([nH]2)COC3C)N1. The van der Waals surface area contributed by atoms with E-state index in [1.807, 2.05) is 0 Å². The first-order valence-electron chi connectivity index (χ1n) is 6.20. The average molecular weight is 221 g/mol. The predicted molar refractivity (Wildman–Crippen MR) is 61.0 cm³/mol. The number of H-pyrrole nitrogens is 1. The van der Waals surface area contributed by atoms with Gasteiger partial charge in [0.15, 0.2) is 0 Å². The van der Waals surface area contributed by atoms with Gasteiger partial charge in [0, 0.05) is 6.04 Å². The quantitative estimate of drug-likeness (QED) is 0.764. The molecule has 1 saturated heterocycles. The van der Waals surface area contributed by atoms with Crippen molar-refractivity contribution in [3.63, 3.8) is 0 Å². The summed E-state index contributed by atoms with van der Waals surface area (Å²) in [4.78, 5) is 8.10. The Hall–Kier alpha value is -0.870. The van der Waals surface area contributed by atoms with Crippen LogP contribution in [0.5, 0.6) is 0 Å². The Labute approximate surface area is 95.8 Å². The van der Waals surface area contributed by atoms with E-state index in [0.717, 1.165) is 11.5 Å². The maximum absolute atomic E-state index is 5.51. The molecule has 0 aliphatic carbocycles. The smallest absolute Gasteiger partial charge is 0.123 e. The molecule has 2 aliphatic heterocycles. The number of ether oxygens (including phenoxy) is 1. The molecule has 1 aromatic heterocycles. The van der Waals surface area contributed by atoms with Gasteiger partial charge in [0.2, 0.25) is 0 Å². The topological polar surface area (TPSA) is 49.9 Å². The van der Waals surface area contributed by atoms with E-state index in [1.54, 1.807) is 0 Å². The van der Waals surface area contributed by atoms with Gasteiger partial charge in [0.25, 0.3) is 0 Å². The van der Waals surface area contributed by atoms with Gasteiger partial charge in [-0.15, -0.1) is 0 Å². The van der Waals surface area contributed by atoms with Crippen molar-refractivity contribution in [2.45, 2.75) is 57.9 Å². The van der Waals surface area contributed by atoms with Crippen LogP contribution in [0.15, 0.2) is 0 Å². The summed E-state index contributed by atoms with van der Waals surface area (Å²) in [6, 6.07) is 1.01. The van der Waals surface area contributed by atoms with Crippen LogP contribution in [0.25, 0.3) is 0 Å². The van der Waals surface area contributed by atoms with Gasteiger partial charge in [-0.25, -0.2) is 4.98 Å². The van der Waals surface area contributed by atoms with Crippen LogP contribution in [0.3, 0.4) is 0 Å². The summed E-state index contributed by atoms with van der Waals surface area (Å²) in [5.74, 6) is 1.10. The number of nitrogens with zero attached hydrogens (tertiary/aromatic N) is 1. The second kappa shape index (κ2) is 3.86. The van der Waals surface area contributed by atoms with Gasteiger partial charge in [-0.05, 0) is 33.1 Å². The lowest BCUT2D eigenvalue weighted by Crippen LogP contribution is -2.35. The molecule has 16 heavy (non-hydrogen) atoms. The summed E-state index contributed by atoms with van der Waals surface area (Å²) in [5, 5.41) is 3.60. The van der Waals surface area contributed by atoms with E-state index in [4.69, 9.17) is 4.74 Å². The average Bonchev–Trinajstić information content (AvgIpc) is 2.81. The summed E-state index contributed by atoms with van der Waals surface area (Å²) in [7, 11) is 0. The Morgan fingerprint density at radius 2 is 2.19 bits per heavy atom. The molecule has 0 spiro atoms. The first-order valence-corrected chi connectivity index (χ1v) is 6.20. The van der Waals surface area contributed by atoms with Crippen molar-refractivity contribution in [3.05, 3.63) is 17.2 Å². The molecule has 3 heterocycles. The van der Waals surface area contributed by atoms with Crippen molar-refractivity contribution < 1.29 is 4.74 Å². The molecular weight excluding hydrogens is 202 g/mol. The van der Waals surface area contributed by atoms with E-state index >= 15 is 0 Å². The number of hydrogen-bond donors (Lipinski definition) is 2. The van der Waals surface area contributed by atoms with Gasteiger partial charge in [-0.3, -0.25) is 0 Å². The van der Waals surface area contributed by atoms with Crippen LogP contribution in [-0.4, -0.2) is 16.0 Å². The second-order valence-electron chi connectivity index (χ2n) is 4.99. The summed E-state index contributed by atoms with van der Waals surface area (Å²) < 4.78 is 5.51. The van der Waals surface area contributed by atoms with Crippen molar-refractivity contribution >= 4 is 0 Å². The van der Waals surface area contributed by atoms with Crippen LogP contribution in [-0.2, 0) is 11.3 Å². The minimum atomic E-state index is 0.154. The Bertz CT molecular complexity index is 388. The molecule has 1 fully saturated rings. The highest BCUT2D eigenvalue weighted by Gasteiger charge is 2.28. The lowest BCUT2D eigenvalue weighted by molar-refractivity contribution is 0.0755. The fraction of sp³-hybridized carbons (Fsp3) is 0.750. The Morgan fingerprint density at radius 1 is 1.31 bits per heavy atom. The van der Waals surface area contributed by atoms with Crippen molar-refractivity contribution in [1.82, 2.24) is 15.3 Å². The van der Waals surface area contributed by atoms with E-state index in [-0.39, 0.29) is 6.10 Å². The zero-order valence-corrected chi connectivity index (χ0v) is 9.92. The number of rotatable bonds is 1. The first kappa shape index (κ1) is 10.3. The van der Waals surface area contributed by atoms with Gasteiger partial charge >= 0.3 is 0 Å². The van der Waals surface area contributed by atoms with Crippen molar-refractivity contribution in [1.29, 1.82) is 0 Å². The summed E-state index contributed by atoms with van der Waals surface area (Å²) in [6.45, 7) is 4.99. The normalized spacial score (nSPS) is 34.0. The molecule has 0 aromatic carbocycles. The molecule has 3 atom stereocenters. The van der Waals surface area contributed by atoms with Crippen molar-refractivity contribution in [2.24, 2.45) is 0 Å². The van der Waals surface area contributed by atoms with Gasteiger partial charge in [-0.2, -0.15) is 0 Å². The van der Waals surface area contributed by atoms with Crippen LogP contribution in [0.2, 0.25) is 0 Å². The van der Waals surface area contributed by atoms with Crippen LogP contribution in [0, 0.1) is 0 Å². The Kier molecular flexibility index (Phi) is 2.48. The second-order valence-corrected chi connectivity index (χ2v) is 4.99. The van der Waals surface area contributed by atoms with Gasteiger partial charge < -0.3 is 15.0 Å². The maximum Gasteiger partial charge on any atom is 0.123 e. The highest BCUT2D eigenvalue weighted by atomic mass is 16.5. The minimum Gasteiger partial charge on any atom is -0.366 e. The zero-order chi connectivity index (χ0) is 11.1. The third kappa shape index (κ3) is 1.66. The zero-order valence-electron chi connectivity index (χ0n) is 9.92. The molecule has 1 aromatic rings. The number of nitrogens with one attached hydrogen (secondary N) is 2. The third-order valence-corrected chi connectivity index (χ3v) is 3.64. The number of fused-ring (bicyclic) bond motifs is 1. The number of aromatic amines is 1. The van der Waals surface area contributed by atoms with Gasteiger partial charge in [0.1, 0.15) is 5.82 Å². The molecule has 2 aliphatic rings. The standard InChI is InChI=1S/C12H19N3O/c1-7-4-3-5-9(13-7)12-14-10-6-16-8(2)11(10)15-12/h7-9,13H,3-6H2,1-2H3,(H,14,15).